The summed E-state index contributed by atoms with van der Waals surface area (Å²) < 4.78 is 66.3. The van der Waals surface area contributed by atoms with Crippen molar-refractivity contribution in [1.29, 1.82) is 0 Å². The van der Waals surface area contributed by atoms with Gasteiger partial charge in [0.15, 0.2) is 0 Å². The van der Waals surface area contributed by atoms with Crippen LogP contribution in [0.4, 0.5) is 5.69 Å². The average Bonchev–Trinajstić information content (AvgIpc) is 3.81. The van der Waals surface area contributed by atoms with Crippen LogP contribution in [0.5, 0.6) is 0 Å². The van der Waals surface area contributed by atoms with Gasteiger partial charge in [-0.25, -0.2) is 16.8 Å². The lowest BCUT2D eigenvalue weighted by Crippen LogP contribution is -2.52. The van der Waals surface area contributed by atoms with Crippen LogP contribution in [0.3, 0.4) is 0 Å². The van der Waals surface area contributed by atoms with Crippen molar-refractivity contribution >= 4 is 53.4 Å². The number of benzene rings is 4. The summed E-state index contributed by atoms with van der Waals surface area (Å²) in [7, 11) is -7.74. The number of hydrogen-bond acceptors (Lipinski definition) is 7. The number of aromatic amines is 2. The van der Waals surface area contributed by atoms with E-state index >= 15 is 8.42 Å². The SMILES string of the molecule is O=C([C@@H]1C2C[C@@]2(c2ccc3[nH]c(-c4cc(S(=O)(=O)N5CCC5)ccc4C4CCCC4)cc3c2)CN1S(=O)(=O)c1ccc(N2CCC2)c(-c2cc3ccccc3[nH]2)c1)N1CCOCC1. The van der Waals surface area contributed by atoms with Crippen LogP contribution in [0.2, 0.25) is 0 Å². The van der Waals surface area contributed by atoms with Crippen molar-refractivity contribution in [1.82, 2.24) is 23.5 Å². The Morgan fingerprint density at radius 1 is 0.667 bits per heavy atom. The molecule has 12 rings (SSSR count). The first-order valence-electron chi connectivity index (χ1n) is 22.7. The number of piperidine rings is 1. The highest BCUT2D eigenvalue weighted by molar-refractivity contribution is 7.89. The molecular formula is C49H52N6O6S2. The van der Waals surface area contributed by atoms with Gasteiger partial charge in [-0.1, -0.05) is 43.2 Å². The molecule has 4 saturated heterocycles. The number of hydrogen-bond donors (Lipinski definition) is 2. The van der Waals surface area contributed by atoms with Gasteiger partial charge < -0.3 is 24.5 Å². The quantitative estimate of drug-likeness (QED) is 0.146. The number of nitrogens with one attached hydrogen (secondary N) is 2. The fourth-order valence-corrected chi connectivity index (χ4v) is 14.6. The Hall–Kier alpha value is -4.99. The molecule has 3 atom stereocenters. The predicted octanol–water partition coefficient (Wildman–Crippen LogP) is 7.43. The van der Waals surface area contributed by atoms with Crippen molar-refractivity contribution < 1.29 is 26.4 Å². The molecule has 14 heteroatoms. The molecule has 63 heavy (non-hydrogen) atoms. The number of nitrogens with zero attached hydrogens (tertiary/aromatic N) is 4. The summed E-state index contributed by atoms with van der Waals surface area (Å²) in [4.78, 5) is 26.4. The van der Waals surface area contributed by atoms with Crippen molar-refractivity contribution in [3.63, 3.8) is 0 Å². The van der Waals surface area contributed by atoms with Gasteiger partial charge in [0.05, 0.1) is 23.0 Å². The molecule has 2 aromatic heterocycles. The van der Waals surface area contributed by atoms with Crippen molar-refractivity contribution in [2.75, 3.05) is 63.9 Å². The van der Waals surface area contributed by atoms with E-state index in [-0.39, 0.29) is 23.3 Å². The summed E-state index contributed by atoms with van der Waals surface area (Å²) in [6.07, 6.45) is 7.15. The molecule has 1 unspecified atom stereocenters. The van der Waals surface area contributed by atoms with Gasteiger partial charge in [0, 0.05) is 101 Å². The lowest BCUT2D eigenvalue weighted by molar-refractivity contribution is -0.139. The van der Waals surface area contributed by atoms with Crippen LogP contribution in [0.25, 0.3) is 44.3 Å². The molecule has 2 saturated carbocycles. The first-order valence-corrected chi connectivity index (χ1v) is 25.6. The Bertz CT molecular complexity index is 3000. The molecule has 6 aromatic rings. The van der Waals surface area contributed by atoms with Crippen LogP contribution in [0, 0.1) is 5.92 Å². The van der Waals surface area contributed by atoms with Gasteiger partial charge in [-0.3, -0.25) is 4.79 Å². The van der Waals surface area contributed by atoms with Gasteiger partial charge in [-0.2, -0.15) is 8.61 Å². The summed E-state index contributed by atoms with van der Waals surface area (Å²) in [5.74, 6) is 0.0211. The lowest BCUT2D eigenvalue weighted by atomic mass is 9.91. The zero-order chi connectivity index (χ0) is 42.7. The van der Waals surface area contributed by atoms with E-state index in [9.17, 15) is 13.2 Å². The second-order valence-electron chi connectivity index (χ2n) is 18.7. The number of fused-ring (bicyclic) bond motifs is 3. The number of anilines is 1. The molecule has 12 nitrogen and oxygen atoms in total. The van der Waals surface area contributed by atoms with E-state index in [2.05, 4.69) is 51.3 Å². The molecule has 1 amide bonds. The Labute approximate surface area is 368 Å². The third kappa shape index (κ3) is 6.41. The number of H-pyrrole nitrogens is 2. The van der Waals surface area contributed by atoms with Crippen molar-refractivity contribution in [2.45, 2.75) is 72.1 Å². The zero-order valence-corrected chi connectivity index (χ0v) is 36.9. The highest BCUT2D eigenvalue weighted by atomic mass is 32.2. The van der Waals surface area contributed by atoms with Crippen LogP contribution in [0.1, 0.15) is 62.0 Å². The van der Waals surface area contributed by atoms with E-state index in [4.69, 9.17) is 4.74 Å². The number of carbonyl (C=O) groups is 1. The van der Waals surface area contributed by atoms with Crippen LogP contribution in [-0.2, 0) is 35.0 Å². The van der Waals surface area contributed by atoms with Gasteiger partial charge >= 0.3 is 0 Å². The summed E-state index contributed by atoms with van der Waals surface area (Å²) in [6.45, 7) is 4.83. The Balaban J connectivity index is 0.919. The van der Waals surface area contributed by atoms with Gasteiger partial charge in [0.2, 0.25) is 26.0 Å². The monoisotopic (exact) mass is 884 g/mol. The number of para-hydroxylation sites is 1. The standard InChI is InChI=1S/C49H52N6O6S2/c56-48(53-21-23-61-24-22-53)47-41-30-49(41,31-55(47)63(59,60)37-13-16-46(52-17-5-18-52)40(29-37)45-26-33-9-3-4-10-42(33)50-45)35-11-15-43-34(25-35)27-44(51-43)39-28-36(62(57,58)54-19-6-20-54)12-14-38(39)32-7-1-2-8-32/h3-4,9-16,25-29,32,41,47,50-51H,1-2,5-8,17-24,30-31H2/t41?,47-,49-/m0/s1. The fraction of sp³-hybridized carbons (Fsp3) is 0.408. The Morgan fingerprint density at radius 2 is 1.35 bits per heavy atom. The maximum absolute atomic E-state index is 15.2. The summed E-state index contributed by atoms with van der Waals surface area (Å²) in [5, 5.41) is 2.02. The first-order chi connectivity index (χ1) is 30.6. The number of rotatable bonds is 10. The van der Waals surface area contributed by atoms with Gasteiger partial charge in [0.1, 0.15) is 6.04 Å². The molecule has 6 heterocycles. The summed E-state index contributed by atoms with van der Waals surface area (Å²) in [5.41, 5.74) is 8.03. The molecule has 6 fully saturated rings. The number of ether oxygens (including phenoxy) is 1. The molecule has 326 valence electrons. The minimum atomic E-state index is -4.16. The predicted molar refractivity (Wildman–Crippen MR) is 244 cm³/mol. The largest absolute Gasteiger partial charge is 0.378 e. The van der Waals surface area contributed by atoms with Gasteiger partial charge in [-0.15, -0.1) is 0 Å². The normalized spacial score (nSPS) is 24.5. The Morgan fingerprint density at radius 3 is 2.08 bits per heavy atom. The molecule has 6 aliphatic rings. The highest BCUT2D eigenvalue weighted by Crippen LogP contribution is 2.63. The van der Waals surface area contributed by atoms with Crippen LogP contribution < -0.4 is 4.90 Å². The maximum Gasteiger partial charge on any atom is 0.243 e. The smallest absolute Gasteiger partial charge is 0.243 e. The number of aromatic nitrogens is 2. The van der Waals surface area contributed by atoms with Crippen LogP contribution in [0.15, 0.2) is 101 Å². The second kappa shape index (κ2) is 14.8. The van der Waals surface area contributed by atoms with E-state index in [1.807, 2.05) is 36.4 Å². The van der Waals surface area contributed by atoms with Crippen LogP contribution >= 0.6 is 0 Å². The molecule has 0 radical (unpaired) electrons. The molecular weight excluding hydrogens is 833 g/mol. The number of carbonyl (C=O) groups excluding carboxylic acids is 1. The van der Waals surface area contributed by atoms with Gasteiger partial charge in [0.25, 0.3) is 0 Å². The molecule has 2 N–H and O–H groups in total. The fourth-order valence-electron chi connectivity index (χ4n) is 11.3. The lowest BCUT2D eigenvalue weighted by Gasteiger charge is -2.35. The summed E-state index contributed by atoms with van der Waals surface area (Å²) in [6, 6.07) is 28.9. The second-order valence-corrected chi connectivity index (χ2v) is 22.5. The maximum atomic E-state index is 15.2. The van der Waals surface area contributed by atoms with E-state index in [1.54, 1.807) is 27.4 Å². The van der Waals surface area contributed by atoms with Crippen molar-refractivity contribution in [2.24, 2.45) is 5.92 Å². The van der Waals surface area contributed by atoms with Crippen LogP contribution in [-0.4, -0.2) is 111 Å². The molecule has 4 aromatic carbocycles. The summed E-state index contributed by atoms with van der Waals surface area (Å²) >= 11 is 0. The van der Waals surface area contributed by atoms with E-state index < -0.39 is 31.5 Å². The van der Waals surface area contributed by atoms with Crippen molar-refractivity contribution in [3.05, 3.63) is 102 Å². The van der Waals surface area contributed by atoms with Crippen molar-refractivity contribution in [3.8, 4) is 22.5 Å². The third-order valence-corrected chi connectivity index (χ3v) is 18.9. The topological polar surface area (TPSA) is 139 Å². The van der Waals surface area contributed by atoms with E-state index in [1.165, 1.54) is 9.87 Å². The highest BCUT2D eigenvalue weighted by Gasteiger charge is 2.70. The third-order valence-electron chi connectivity index (χ3n) is 15.2. The molecule has 0 bridgehead atoms. The minimum absolute atomic E-state index is 0.156. The van der Waals surface area contributed by atoms with E-state index in [0.717, 1.165) is 107 Å². The molecule has 0 spiro atoms. The Kier molecular flexibility index (Phi) is 9.29. The van der Waals surface area contributed by atoms with Gasteiger partial charge in [-0.05, 0) is 116 Å². The molecule has 4 aliphatic heterocycles. The zero-order valence-electron chi connectivity index (χ0n) is 35.3. The van der Waals surface area contributed by atoms with E-state index in [0.29, 0.717) is 56.6 Å². The average molecular weight is 885 g/mol. The number of amides is 1. The minimum Gasteiger partial charge on any atom is -0.378 e. The first kappa shape index (κ1) is 39.6. The number of sulfonamides is 2. The molecule has 2 aliphatic carbocycles. The number of morpholine rings is 1.